The van der Waals surface area contributed by atoms with Crippen LogP contribution in [-0.2, 0) is 11.2 Å². The molecular formula is C17H16F2O. The molecule has 3 heteroatoms. The van der Waals surface area contributed by atoms with Gasteiger partial charge in [-0.15, -0.1) is 0 Å². The predicted molar refractivity (Wildman–Crippen MR) is 74.5 cm³/mol. The maximum atomic E-state index is 13.6. The Morgan fingerprint density at radius 1 is 1.00 bits per heavy atom. The number of hydrogen-bond donors (Lipinski definition) is 0. The summed E-state index contributed by atoms with van der Waals surface area (Å²) in [4.78, 5) is 12.3. The van der Waals surface area contributed by atoms with Crippen molar-refractivity contribution < 1.29 is 13.6 Å². The number of benzene rings is 2. The number of hydrogen-bond acceptors (Lipinski definition) is 1. The Hall–Kier alpha value is -2.03. The number of carbonyl (C=O) groups is 1. The summed E-state index contributed by atoms with van der Waals surface area (Å²) in [5.74, 6) is -1.82. The van der Waals surface area contributed by atoms with E-state index in [1.54, 1.807) is 0 Å². The fourth-order valence-electron chi connectivity index (χ4n) is 2.33. The van der Waals surface area contributed by atoms with Gasteiger partial charge in [-0.05, 0) is 24.1 Å². The van der Waals surface area contributed by atoms with Crippen molar-refractivity contribution >= 4 is 5.78 Å². The van der Waals surface area contributed by atoms with Crippen molar-refractivity contribution in [2.45, 2.75) is 25.7 Å². The summed E-state index contributed by atoms with van der Waals surface area (Å²) in [5, 5.41) is 0. The van der Waals surface area contributed by atoms with Crippen molar-refractivity contribution in [2.75, 3.05) is 0 Å². The zero-order valence-electron chi connectivity index (χ0n) is 11.3. The molecule has 1 atom stereocenters. The van der Waals surface area contributed by atoms with Gasteiger partial charge in [0.2, 0.25) is 0 Å². The first-order valence-electron chi connectivity index (χ1n) is 6.64. The minimum Gasteiger partial charge on any atom is -0.299 e. The minimum absolute atomic E-state index is 0.146. The van der Waals surface area contributed by atoms with Crippen LogP contribution in [0.1, 0.15) is 30.4 Å². The Labute approximate surface area is 117 Å². The zero-order valence-corrected chi connectivity index (χ0v) is 11.3. The van der Waals surface area contributed by atoms with Crippen molar-refractivity contribution in [3.05, 3.63) is 71.3 Å². The number of halogens is 2. The Kier molecular flexibility index (Phi) is 4.61. The lowest BCUT2D eigenvalue weighted by molar-refractivity contribution is -0.120. The van der Waals surface area contributed by atoms with Crippen LogP contribution >= 0.6 is 0 Å². The van der Waals surface area contributed by atoms with Crippen LogP contribution in [0.3, 0.4) is 0 Å². The van der Waals surface area contributed by atoms with E-state index in [9.17, 15) is 13.6 Å². The molecule has 0 saturated heterocycles. The van der Waals surface area contributed by atoms with Crippen LogP contribution in [0.15, 0.2) is 48.5 Å². The molecule has 0 saturated carbocycles. The largest absolute Gasteiger partial charge is 0.299 e. The normalized spacial score (nSPS) is 12.2. The highest BCUT2D eigenvalue weighted by Crippen LogP contribution is 2.23. The molecule has 0 aliphatic heterocycles. The van der Waals surface area contributed by atoms with Gasteiger partial charge in [-0.3, -0.25) is 4.79 Å². The second kappa shape index (κ2) is 6.42. The van der Waals surface area contributed by atoms with Crippen molar-refractivity contribution in [2.24, 2.45) is 0 Å². The molecule has 104 valence electrons. The third-order valence-electron chi connectivity index (χ3n) is 3.41. The fraction of sp³-hybridized carbons (Fsp3) is 0.235. The van der Waals surface area contributed by atoms with Crippen molar-refractivity contribution in [3.8, 4) is 0 Å². The minimum atomic E-state index is -0.665. The first kappa shape index (κ1) is 14.4. The maximum absolute atomic E-state index is 13.6. The van der Waals surface area contributed by atoms with E-state index in [4.69, 9.17) is 0 Å². The quantitative estimate of drug-likeness (QED) is 0.795. The van der Waals surface area contributed by atoms with Crippen molar-refractivity contribution in [1.82, 2.24) is 0 Å². The highest BCUT2D eigenvalue weighted by molar-refractivity contribution is 5.87. The summed E-state index contributed by atoms with van der Waals surface area (Å²) in [7, 11) is 0. The van der Waals surface area contributed by atoms with Gasteiger partial charge in [0.25, 0.3) is 0 Å². The molecule has 0 spiro atoms. The Bertz CT molecular complexity index is 573. The predicted octanol–water partition coefficient (Wildman–Crippen LogP) is 4.27. The second-order valence-corrected chi connectivity index (χ2v) is 4.71. The van der Waals surface area contributed by atoms with E-state index in [0.29, 0.717) is 6.42 Å². The van der Waals surface area contributed by atoms with E-state index in [1.165, 1.54) is 18.2 Å². The van der Waals surface area contributed by atoms with E-state index >= 15 is 0 Å². The van der Waals surface area contributed by atoms with E-state index in [1.807, 2.05) is 37.3 Å². The van der Waals surface area contributed by atoms with Gasteiger partial charge in [0, 0.05) is 17.9 Å². The number of ketones is 1. The molecule has 20 heavy (non-hydrogen) atoms. The molecule has 1 unspecified atom stereocenters. The molecular weight excluding hydrogens is 258 g/mol. The van der Waals surface area contributed by atoms with Gasteiger partial charge in [0.15, 0.2) is 0 Å². The molecule has 2 rings (SSSR count). The van der Waals surface area contributed by atoms with Gasteiger partial charge in [-0.25, -0.2) is 8.78 Å². The van der Waals surface area contributed by atoms with E-state index in [2.05, 4.69) is 0 Å². The third-order valence-corrected chi connectivity index (χ3v) is 3.41. The zero-order chi connectivity index (χ0) is 14.5. The van der Waals surface area contributed by atoms with Crippen LogP contribution < -0.4 is 0 Å². The number of Topliss-reactive ketones (excluding diaryl/α,β-unsaturated/α-hetero) is 1. The molecule has 0 aliphatic carbocycles. The van der Waals surface area contributed by atoms with Crippen molar-refractivity contribution in [1.29, 1.82) is 0 Å². The fourth-order valence-corrected chi connectivity index (χ4v) is 2.33. The average molecular weight is 274 g/mol. The lowest BCUT2D eigenvalue weighted by Crippen LogP contribution is -2.16. The van der Waals surface area contributed by atoms with Crippen LogP contribution in [0.25, 0.3) is 0 Å². The summed E-state index contributed by atoms with van der Waals surface area (Å²) >= 11 is 0. The third kappa shape index (κ3) is 3.10. The van der Waals surface area contributed by atoms with Crippen LogP contribution in [0.4, 0.5) is 8.78 Å². The molecule has 1 nitrogen and oxygen atoms in total. The molecule has 0 aliphatic rings. The van der Waals surface area contributed by atoms with Crippen LogP contribution in [-0.4, -0.2) is 5.78 Å². The monoisotopic (exact) mass is 274 g/mol. The lowest BCUT2D eigenvalue weighted by Gasteiger charge is -2.14. The van der Waals surface area contributed by atoms with E-state index in [-0.39, 0.29) is 23.7 Å². The molecule has 0 aromatic heterocycles. The summed E-state index contributed by atoms with van der Waals surface area (Å²) in [6, 6.07) is 13.0. The smallest absolute Gasteiger partial charge is 0.144 e. The van der Waals surface area contributed by atoms with Gasteiger partial charge >= 0.3 is 0 Å². The van der Waals surface area contributed by atoms with Gasteiger partial charge in [0.1, 0.15) is 17.4 Å². The standard InChI is InChI=1S/C17H16F2O/c1-2-13(12-7-4-3-5-8-12)17(20)11-14-15(18)9-6-10-16(14)19/h3-10,13H,2,11H2,1H3. The average Bonchev–Trinajstić information content (AvgIpc) is 2.45. The summed E-state index contributed by atoms with van der Waals surface area (Å²) in [6.45, 7) is 1.90. The first-order chi connectivity index (χ1) is 9.63. The number of carbonyl (C=O) groups excluding carboxylic acids is 1. The Balaban J connectivity index is 2.23. The van der Waals surface area contributed by atoms with E-state index in [0.717, 1.165) is 5.56 Å². The van der Waals surface area contributed by atoms with Gasteiger partial charge in [0.05, 0.1) is 0 Å². The second-order valence-electron chi connectivity index (χ2n) is 4.71. The maximum Gasteiger partial charge on any atom is 0.144 e. The molecule has 2 aromatic rings. The first-order valence-corrected chi connectivity index (χ1v) is 6.64. The molecule has 2 aromatic carbocycles. The van der Waals surface area contributed by atoms with Crippen LogP contribution in [0, 0.1) is 11.6 Å². The summed E-state index contributed by atoms with van der Waals surface area (Å²) < 4.78 is 27.2. The van der Waals surface area contributed by atoms with E-state index < -0.39 is 11.6 Å². The Morgan fingerprint density at radius 2 is 1.60 bits per heavy atom. The molecule has 0 fully saturated rings. The topological polar surface area (TPSA) is 17.1 Å². The van der Waals surface area contributed by atoms with Gasteiger partial charge < -0.3 is 0 Å². The van der Waals surface area contributed by atoms with Gasteiger partial charge in [-0.1, -0.05) is 43.3 Å². The highest BCUT2D eigenvalue weighted by Gasteiger charge is 2.21. The number of rotatable bonds is 5. The highest BCUT2D eigenvalue weighted by atomic mass is 19.1. The van der Waals surface area contributed by atoms with Crippen LogP contribution in [0.5, 0.6) is 0 Å². The molecule has 0 amide bonds. The SMILES string of the molecule is CCC(C(=O)Cc1c(F)cccc1F)c1ccccc1. The molecule has 0 radical (unpaired) electrons. The Morgan fingerprint density at radius 3 is 2.15 bits per heavy atom. The lowest BCUT2D eigenvalue weighted by atomic mass is 9.89. The van der Waals surface area contributed by atoms with Crippen molar-refractivity contribution in [3.63, 3.8) is 0 Å². The molecule has 0 N–H and O–H groups in total. The van der Waals surface area contributed by atoms with Crippen LogP contribution in [0.2, 0.25) is 0 Å². The summed E-state index contributed by atoms with van der Waals surface area (Å²) in [5.41, 5.74) is 0.739. The molecule has 0 bridgehead atoms. The molecule has 0 heterocycles. The summed E-state index contributed by atoms with van der Waals surface area (Å²) in [6.07, 6.45) is 0.394. The van der Waals surface area contributed by atoms with Gasteiger partial charge in [-0.2, -0.15) is 0 Å².